The number of esters is 3. The standard InChI is InChI=1S/C13H14O5/c1-3-7-17-12(15)10-5-4-6-11(8-10)13(16)18-9(2)14/h4-6,8H,3,7H2,1-2H3. The molecule has 0 N–H and O–H groups in total. The summed E-state index contributed by atoms with van der Waals surface area (Å²) in [7, 11) is 0. The molecule has 0 aliphatic carbocycles. The highest BCUT2D eigenvalue weighted by Crippen LogP contribution is 2.08. The third-order valence-corrected chi connectivity index (χ3v) is 2.01. The molecule has 0 aromatic heterocycles. The topological polar surface area (TPSA) is 69.7 Å². The van der Waals surface area contributed by atoms with Gasteiger partial charge in [-0.25, -0.2) is 9.59 Å². The minimum absolute atomic E-state index is 0.135. The molecule has 0 heterocycles. The van der Waals surface area contributed by atoms with Crippen molar-refractivity contribution in [3.05, 3.63) is 35.4 Å². The molecule has 5 heteroatoms. The number of ether oxygens (including phenoxy) is 2. The second-order valence-electron chi connectivity index (χ2n) is 3.60. The average Bonchev–Trinajstić information content (AvgIpc) is 2.35. The van der Waals surface area contributed by atoms with Crippen LogP contribution in [0.15, 0.2) is 24.3 Å². The van der Waals surface area contributed by atoms with E-state index in [1.165, 1.54) is 24.3 Å². The number of hydrogen-bond acceptors (Lipinski definition) is 5. The monoisotopic (exact) mass is 250 g/mol. The van der Waals surface area contributed by atoms with Gasteiger partial charge in [0.15, 0.2) is 0 Å². The zero-order valence-corrected chi connectivity index (χ0v) is 10.3. The fraction of sp³-hybridized carbons (Fsp3) is 0.308. The van der Waals surface area contributed by atoms with Gasteiger partial charge in [-0.1, -0.05) is 13.0 Å². The zero-order valence-electron chi connectivity index (χ0n) is 10.3. The van der Waals surface area contributed by atoms with Gasteiger partial charge in [-0.05, 0) is 24.6 Å². The molecule has 0 spiro atoms. The molecule has 18 heavy (non-hydrogen) atoms. The van der Waals surface area contributed by atoms with Gasteiger partial charge in [0.1, 0.15) is 0 Å². The third kappa shape index (κ3) is 4.01. The van der Waals surface area contributed by atoms with Crippen LogP contribution in [0.3, 0.4) is 0 Å². The number of carbonyl (C=O) groups is 3. The van der Waals surface area contributed by atoms with Crippen molar-refractivity contribution in [3.63, 3.8) is 0 Å². The summed E-state index contributed by atoms with van der Waals surface area (Å²) >= 11 is 0. The second kappa shape index (κ2) is 6.54. The number of carbonyl (C=O) groups excluding carboxylic acids is 3. The van der Waals surface area contributed by atoms with Crippen LogP contribution < -0.4 is 0 Å². The van der Waals surface area contributed by atoms with E-state index < -0.39 is 17.9 Å². The Labute approximate surface area is 105 Å². The van der Waals surface area contributed by atoms with Gasteiger partial charge in [-0.15, -0.1) is 0 Å². The van der Waals surface area contributed by atoms with Gasteiger partial charge in [0.2, 0.25) is 0 Å². The van der Waals surface area contributed by atoms with Crippen molar-refractivity contribution in [2.24, 2.45) is 0 Å². The van der Waals surface area contributed by atoms with Crippen LogP contribution in [0.5, 0.6) is 0 Å². The van der Waals surface area contributed by atoms with E-state index in [0.29, 0.717) is 6.61 Å². The maximum atomic E-state index is 11.6. The SMILES string of the molecule is CCCOC(=O)c1cccc(C(=O)OC(C)=O)c1. The molecule has 1 aromatic carbocycles. The lowest BCUT2D eigenvalue weighted by Gasteiger charge is -2.04. The van der Waals surface area contributed by atoms with Crippen LogP contribution in [-0.4, -0.2) is 24.5 Å². The van der Waals surface area contributed by atoms with E-state index in [0.717, 1.165) is 13.3 Å². The van der Waals surface area contributed by atoms with Crippen molar-refractivity contribution < 1.29 is 23.9 Å². The summed E-state index contributed by atoms with van der Waals surface area (Å²) < 4.78 is 9.36. The number of rotatable bonds is 4. The lowest BCUT2D eigenvalue weighted by Crippen LogP contribution is -2.11. The Kier molecular flexibility index (Phi) is 5.05. The smallest absolute Gasteiger partial charge is 0.345 e. The Morgan fingerprint density at radius 2 is 1.72 bits per heavy atom. The first-order valence-corrected chi connectivity index (χ1v) is 5.54. The number of benzene rings is 1. The van der Waals surface area contributed by atoms with E-state index in [1.807, 2.05) is 6.92 Å². The fourth-order valence-corrected chi connectivity index (χ4v) is 1.24. The van der Waals surface area contributed by atoms with Crippen molar-refractivity contribution in [2.75, 3.05) is 6.61 Å². The van der Waals surface area contributed by atoms with Gasteiger partial charge in [0, 0.05) is 6.92 Å². The highest BCUT2D eigenvalue weighted by molar-refractivity contribution is 5.98. The molecule has 5 nitrogen and oxygen atoms in total. The molecule has 0 atom stereocenters. The van der Waals surface area contributed by atoms with E-state index in [2.05, 4.69) is 4.74 Å². The Balaban J connectivity index is 2.82. The highest BCUT2D eigenvalue weighted by atomic mass is 16.6. The van der Waals surface area contributed by atoms with Crippen molar-refractivity contribution in [2.45, 2.75) is 20.3 Å². The molecule has 0 fully saturated rings. The van der Waals surface area contributed by atoms with Crippen LogP contribution >= 0.6 is 0 Å². The van der Waals surface area contributed by atoms with Crippen LogP contribution in [-0.2, 0) is 14.3 Å². The molecule has 0 saturated carbocycles. The third-order valence-electron chi connectivity index (χ3n) is 2.01. The van der Waals surface area contributed by atoms with E-state index in [4.69, 9.17) is 4.74 Å². The maximum Gasteiger partial charge on any atom is 0.345 e. The quantitative estimate of drug-likeness (QED) is 0.603. The average molecular weight is 250 g/mol. The minimum Gasteiger partial charge on any atom is -0.462 e. The molecular formula is C13H14O5. The summed E-state index contributed by atoms with van der Waals surface area (Å²) in [5.74, 6) is -1.99. The van der Waals surface area contributed by atoms with Crippen molar-refractivity contribution in [1.82, 2.24) is 0 Å². The second-order valence-corrected chi connectivity index (χ2v) is 3.60. The number of hydrogen-bond donors (Lipinski definition) is 0. The van der Waals surface area contributed by atoms with Gasteiger partial charge < -0.3 is 9.47 Å². The molecule has 0 unspecified atom stereocenters. The molecular weight excluding hydrogens is 236 g/mol. The minimum atomic E-state index is -0.785. The lowest BCUT2D eigenvalue weighted by molar-refractivity contribution is -0.135. The van der Waals surface area contributed by atoms with Gasteiger partial charge >= 0.3 is 17.9 Å². The van der Waals surface area contributed by atoms with Crippen molar-refractivity contribution >= 4 is 17.9 Å². The van der Waals surface area contributed by atoms with Crippen LogP contribution in [0.4, 0.5) is 0 Å². The summed E-state index contributed by atoms with van der Waals surface area (Å²) in [6.07, 6.45) is 0.720. The summed E-state index contributed by atoms with van der Waals surface area (Å²) in [6, 6.07) is 5.85. The Morgan fingerprint density at radius 1 is 1.11 bits per heavy atom. The molecule has 96 valence electrons. The first-order chi connectivity index (χ1) is 8.54. The highest BCUT2D eigenvalue weighted by Gasteiger charge is 2.13. The lowest BCUT2D eigenvalue weighted by atomic mass is 10.1. The van der Waals surface area contributed by atoms with Crippen molar-refractivity contribution in [3.8, 4) is 0 Å². The molecule has 0 radical (unpaired) electrons. The molecule has 1 aromatic rings. The van der Waals surface area contributed by atoms with Crippen LogP contribution in [0, 0.1) is 0 Å². The largest absolute Gasteiger partial charge is 0.462 e. The fourth-order valence-electron chi connectivity index (χ4n) is 1.24. The van der Waals surface area contributed by atoms with Gasteiger partial charge in [-0.2, -0.15) is 0 Å². The van der Waals surface area contributed by atoms with Crippen LogP contribution in [0.2, 0.25) is 0 Å². The van der Waals surface area contributed by atoms with Crippen LogP contribution in [0.1, 0.15) is 41.0 Å². The summed E-state index contributed by atoms with van der Waals surface area (Å²) in [4.78, 5) is 33.7. The Hall–Kier alpha value is -2.17. The van der Waals surface area contributed by atoms with E-state index in [-0.39, 0.29) is 11.1 Å². The molecule has 0 aliphatic rings. The molecule has 0 amide bonds. The molecule has 1 rings (SSSR count). The van der Waals surface area contributed by atoms with Gasteiger partial charge in [0.05, 0.1) is 17.7 Å². The van der Waals surface area contributed by atoms with Gasteiger partial charge in [-0.3, -0.25) is 4.79 Å². The van der Waals surface area contributed by atoms with Crippen molar-refractivity contribution in [1.29, 1.82) is 0 Å². The predicted molar refractivity (Wildman–Crippen MR) is 63.1 cm³/mol. The summed E-state index contributed by atoms with van der Waals surface area (Å²) in [5, 5.41) is 0. The Morgan fingerprint density at radius 3 is 2.28 bits per heavy atom. The Bertz CT molecular complexity index is 464. The first-order valence-electron chi connectivity index (χ1n) is 5.54. The molecule has 0 saturated heterocycles. The zero-order chi connectivity index (χ0) is 13.5. The molecule has 0 aliphatic heterocycles. The van der Waals surface area contributed by atoms with E-state index in [9.17, 15) is 14.4 Å². The van der Waals surface area contributed by atoms with E-state index >= 15 is 0 Å². The predicted octanol–water partition coefficient (Wildman–Crippen LogP) is 1.96. The maximum absolute atomic E-state index is 11.6. The van der Waals surface area contributed by atoms with Gasteiger partial charge in [0.25, 0.3) is 0 Å². The summed E-state index contributed by atoms with van der Waals surface area (Å²) in [6.45, 7) is 3.34. The first kappa shape index (κ1) is 13.9. The van der Waals surface area contributed by atoms with E-state index in [1.54, 1.807) is 0 Å². The normalized spacial score (nSPS) is 9.67. The molecule has 0 bridgehead atoms. The summed E-state index contributed by atoms with van der Waals surface area (Å²) in [5.41, 5.74) is 0.387. The van der Waals surface area contributed by atoms with Crippen LogP contribution in [0.25, 0.3) is 0 Å².